The molecule has 50 heavy (non-hydrogen) atoms. The maximum Gasteiger partial charge on any atom is 0.235 e. The number of hydrogen-bond acceptors (Lipinski definition) is 3. The van der Waals surface area contributed by atoms with Crippen LogP contribution in [-0.4, -0.2) is 14.5 Å². The van der Waals surface area contributed by atoms with Crippen LogP contribution in [0, 0.1) is 0 Å². The number of hydrogen-bond donors (Lipinski definition) is 0. The maximum absolute atomic E-state index is 6.38. The Morgan fingerprint density at radius 3 is 2.00 bits per heavy atom. The summed E-state index contributed by atoms with van der Waals surface area (Å²) >= 11 is 0. The second-order valence-electron chi connectivity index (χ2n) is 12.9. The van der Waals surface area contributed by atoms with Crippen LogP contribution in [0.5, 0.6) is 0 Å². The van der Waals surface area contributed by atoms with Gasteiger partial charge in [0.05, 0.1) is 22.2 Å². The highest BCUT2D eigenvalue weighted by molar-refractivity contribution is 6.23. The summed E-state index contributed by atoms with van der Waals surface area (Å²) in [6, 6.07) is 57.7. The molecule has 0 saturated carbocycles. The summed E-state index contributed by atoms with van der Waals surface area (Å²) in [6.45, 7) is 0. The van der Waals surface area contributed by atoms with Gasteiger partial charge < -0.3 is 4.42 Å². The predicted molar refractivity (Wildman–Crippen MR) is 207 cm³/mol. The topological polar surface area (TPSA) is 43.9 Å². The van der Waals surface area contributed by atoms with Gasteiger partial charge in [-0.05, 0) is 52.1 Å². The molecule has 0 aliphatic heterocycles. The Bertz CT molecular complexity index is 3150. The maximum atomic E-state index is 6.38. The molecule has 0 spiro atoms. The van der Waals surface area contributed by atoms with Gasteiger partial charge in [0.1, 0.15) is 11.2 Å². The van der Waals surface area contributed by atoms with Crippen molar-refractivity contribution in [2.75, 3.05) is 0 Å². The minimum atomic E-state index is 0.639. The summed E-state index contributed by atoms with van der Waals surface area (Å²) in [5.41, 5.74) is 8.95. The highest BCUT2D eigenvalue weighted by Crippen LogP contribution is 2.43. The zero-order valence-electron chi connectivity index (χ0n) is 26.8. The van der Waals surface area contributed by atoms with E-state index < -0.39 is 0 Å². The van der Waals surface area contributed by atoms with Crippen molar-refractivity contribution in [3.8, 4) is 28.3 Å². The molecule has 3 aromatic heterocycles. The second kappa shape index (κ2) is 10.4. The van der Waals surface area contributed by atoms with E-state index in [9.17, 15) is 0 Å². The number of benzene rings is 8. The van der Waals surface area contributed by atoms with Gasteiger partial charge in [0, 0.05) is 43.4 Å². The minimum Gasteiger partial charge on any atom is -0.456 e. The van der Waals surface area contributed by atoms with Gasteiger partial charge in [0.2, 0.25) is 5.95 Å². The second-order valence-corrected chi connectivity index (χ2v) is 12.9. The molecule has 4 nitrogen and oxygen atoms in total. The first-order chi connectivity index (χ1) is 24.8. The first-order valence-corrected chi connectivity index (χ1v) is 16.9. The molecule has 0 aliphatic carbocycles. The fraction of sp³-hybridized carbons (Fsp3) is 0. The van der Waals surface area contributed by atoms with E-state index in [1.807, 2.05) is 18.2 Å². The van der Waals surface area contributed by atoms with Gasteiger partial charge in [0.15, 0.2) is 0 Å². The number of fused-ring (bicyclic) bond motifs is 11. The Kier molecular flexibility index (Phi) is 5.63. The first kappa shape index (κ1) is 27.2. The lowest BCUT2D eigenvalue weighted by atomic mass is 9.99. The van der Waals surface area contributed by atoms with Gasteiger partial charge in [-0.25, -0.2) is 9.97 Å². The third-order valence-electron chi connectivity index (χ3n) is 10.2. The molecule has 0 amide bonds. The SMILES string of the molecule is c1ccc(-c2nc(-n3c4ccc5ccccc5c4c4cccc(-c5ccc6c(c5)oc5ccccc56)c43)nc3c2ccc2ccccc23)cc1. The van der Waals surface area contributed by atoms with Gasteiger partial charge >= 0.3 is 0 Å². The van der Waals surface area contributed by atoms with Gasteiger partial charge in [-0.15, -0.1) is 0 Å². The number of rotatable bonds is 3. The molecule has 0 radical (unpaired) electrons. The first-order valence-electron chi connectivity index (χ1n) is 16.9. The van der Waals surface area contributed by atoms with Crippen LogP contribution < -0.4 is 0 Å². The van der Waals surface area contributed by atoms with Crippen molar-refractivity contribution >= 4 is 76.2 Å². The van der Waals surface area contributed by atoms with Crippen molar-refractivity contribution in [2.45, 2.75) is 0 Å². The lowest BCUT2D eigenvalue weighted by Crippen LogP contribution is -2.04. The van der Waals surface area contributed by atoms with E-state index in [1.54, 1.807) is 0 Å². The zero-order valence-corrected chi connectivity index (χ0v) is 26.8. The van der Waals surface area contributed by atoms with Crippen molar-refractivity contribution in [2.24, 2.45) is 0 Å². The Balaban J connectivity index is 1.30. The van der Waals surface area contributed by atoms with Crippen LogP contribution in [0.1, 0.15) is 0 Å². The van der Waals surface area contributed by atoms with Gasteiger partial charge in [-0.1, -0.05) is 133 Å². The van der Waals surface area contributed by atoms with Crippen LogP contribution >= 0.6 is 0 Å². The average Bonchev–Trinajstić information content (AvgIpc) is 3.73. The highest BCUT2D eigenvalue weighted by atomic mass is 16.3. The van der Waals surface area contributed by atoms with E-state index in [4.69, 9.17) is 14.4 Å². The molecule has 0 N–H and O–H groups in total. The molecule has 11 aromatic rings. The molecule has 0 atom stereocenters. The summed E-state index contributed by atoms with van der Waals surface area (Å²) < 4.78 is 8.66. The van der Waals surface area contributed by atoms with Crippen molar-refractivity contribution in [3.05, 3.63) is 164 Å². The summed E-state index contributed by atoms with van der Waals surface area (Å²) in [4.78, 5) is 10.9. The Morgan fingerprint density at radius 1 is 0.440 bits per heavy atom. The van der Waals surface area contributed by atoms with E-state index in [0.29, 0.717) is 5.95 Å². The standard InChI is InChI=1S/C46H27N3O/c1-2-13-30(14-3-1)43-38-25-21-29-12-5-7-16-33(29)44(38)48-46(47-43)49-39-26-23-28-11-4-6-15-32(28)42(39)37-19-10-18-34(45(37)49)31-22-24-36-35-17-8-9-20-40(35)50-41(36)27-31/h1-27H. The molecule has 0 aliphatic rings. The van der Waals surface area contributed by atoms with Gasteiger partial charge in [-0.3, -0.25) is 4.57 Å². The molecule has 11 rings (SSSR count). The summed E-state index contributed by atoms with van der Waals surface area (Å²) in [5.74, 6) is 0.639. The highest BCUT2D eigenvalue weighted by Gasteiger charge is 2.22. The van der Waals surface area contributed by atoms with Crippen molar-refractivity contribution in [3.63, 3.8) is 0 Å². The van der Waals surface area contributed by atoms with Crippen LogP contribution in [0.3, 0.4) is 0 Å². The van der Waals surface area contributed by atoms with E-state index in [1.165, 1.54) is 16.2 Å². The molecule has 0 fully saturated rings. The third kappa shape index (κ3) is 3.87. The smallest absolute Gasteiger partial charge is 0.235 e. The van der Waals surface area contributed by atoms with Crippen LogP contribution in [0.4, 0.5) is 0 Å². The zero-order chi connectivity index (χ0) is 32.8. The van der Waals surface area contributed by atoms with Crippen LogP contribution in [-0.2, 0) is 0 Å². The summed E-state index contributed by atoms with van der Waals surface area (Å²) in [6.07, 6.45) is 0. The predicted octanol–water partition coefficient (Wildman–Crippen LogP) is 12.3. The van der Waals surface area contributed by atoms with E-state index >= 15 is 0 Å². The number of para-hydroxylation sites is 2. The Hall–Kier alpha value is -6.78. The normalized spacial score (nSPS) is 12.0. The number of nitrogens with zero attached hydrogens (tertiary/aromatic N) is 3. The lowest BCUT2D eigenvalue weighted by molar-refractivity contribution is 0.669. The van der Waals surface area contributed by atoms with Crippen LogP contribution in [0.25, 0.3) is 105 Å². The number of furan rings is 1. The fourth-order valence-corrected chi connectivity index (χ4v) is 7.94. The van der Waals surface area contributed by atoms with E-state index in [0.717, 1.165) is 82.4 Å². The van der Waals surface area contributed by atoms with Crippen LogP contribution in [0.2, 0.25) is 0 Å². The third-order valence-corrected chi connectivity index (χ3v) is 10.2. The fourth-order valence-electron chi connectivity index (χ4n) is 7.94. The molecule has 3 heterocycles. The number of aromatic nitrogens is 3. The quantitative estimate of drug-likeness (QED) is 0.181. The molecular weight excluding hydrogens is 611 g/mol. The Labute approximate surface area is 286 Å². The molecule has 0 saturated heterocycles. The minimum absolute atomic E-state index is 0.639. The van der Waals surface area contributed by atoms with Crippen molar-refractivity contribution in [1.29, 1.82) is 0 Å². The van der Waals surface area contributed by atoms with Crippen molar-refractivity contribution < 1.29 is 4.42 Å². The summed E-state index contributed by atoms with van der Waals surface area (Å²) in [5, 5.41) is 10.3. The molecule has 232 valence electrons. The van der Waals surface area contributed by atoms with Crippen LogP contribution in [0.15, 0.2) is 168 Å². The van der Waals surface area contributed by atoms with E-state index in [-0.39, 0.29) is 0 Å². The average molecular weight is 638 g/mol. The van der Waals surface area contributed by atoms with E-state index in [2.05, 4.69) is 150 Å². The Morgan fingerprint density at radius 2 is 1.12 bits per heavy atom. The summed E-state index contributed by atoms with van der Waals surface area (Å²) in [7, 11) is 0. The van der Waals surface area contributed by atoms with Crippen molar-refractivity contribution in [1.82, 2.24) is 14.5 Å². The molecule has 0 unspecified atom stereocenters. The monoisotopic (exact) mass is 637 g/mol. The lowest BCUT2D eigenvalue weighted by Gasteiger charge is -2.14. The van der Waals surface area contributed by atoms with Gasteiger partial charge in [0.25, 0.3) is 0 Å². The molecule has 0 bridgehead atoms. The van der Waals surface area contributed by atoms with Gasteiger partial charge in [-0.2, -0.15) is 0 Å². The molecule has 8 aromatic carbocycles. The molecule has 4 heteroatoms. The molecular formula is C46H27N3O. The largest absolute Gasteiger partial charge is 0.456 e.